The molecule has 36 heteroatoms. The third kappa shape index (κ3) is 37.4. The summed E-state index contributed by atoms with van der Waals surface area (Å²) < 4.78 is 33.3. The second-order valence-electron chi connectivity index (χ2n) is 10.2. The molecule has 0 spiro atoms. The minimum Gasteiger partial charge on any atom is -0.857 e. The molecule has 0 amide bonds. The molecule has 0 atom stereocenters. The first-order valence-corrected chi connectivity index (χ1v) is 26.3. The van der Waals surface area contributed by atoms with E-state index in [4.69, 9.17) is 92.6 Å². The van der Waals surface area contributed by atoms with Gasteiger partial charge in [-0.1, -0.05) is 73.5 Å². The smallest absolute Gasteiger partial charge is 0.857 e. The SMILES string of the molecule is C.C.CCOC(=O)c1cnc(SC)nc1Cl.CO.COC(=O)c1cnc(SC)nc1OC.COc1nc(SC)ncc1CCl.COc1nc(SC)ncc1CO.C[O-].O=S(Cl)Cl.[B][B]B([B])B([B])[B].[Na+]. The van der Waals surface area contributed by atoms with Gasteiger partial charge in [0, 0.05) is 110 Å². The average Bonchev–Trinajstić information content (AvgIpc) is 3.36. The topological polar surface area (TPSA) is 264 Å². The van der Waals surface area contributed by atoms with E-state index in [-0.39, 0.29) is 79.6 Å². The van der Waals surface area contributed by atoms with Gasteiger partial charge in [0.15, 0.2) is 20.6 Å². The average molecular weight is 1150 g/mol. The van der Waals surface area contributed by atoms with Crippen molar-refractivity contribution in [1.29, 1.82) is 0 Å². The van der Waals surface area contributed by atoms with Crippen LogP contribution in [0, 0.1) is 0 Å². The Labute approximate surface area is 480 Å². The largest absolute Gasteiger partial charge is 1.00 e. The third-order valence-corrected chi connectivity index (χ3v) is 9.07. The molecular weight excluding hydrogens is 1100 g/mol. The Morgan fingerprint density at radius 2 is 1.09 bits per heavy atom. The number of ether oxygens (including phenoxy) is 5. The van der Waals surface area contributed by atoms with Gasteiger partial charge in [-0.25, -0.2) is 38.7 Å². The zero-order valence-electron chi connectivity index (χ0n) is 39.2. The number of alkyl halides is 1. The molecule has 4 rings (SSSR count). The molecule has 0 saturated heterocycles. The number of halogens is 4. The van der Waals surface area contributed by atoms with Gasteiger partial charge in [0.25, 0.3) is 0 Å². The number of methoxy groups -OCH3 is 4. The number of aliphatic hydroxyl groups is 2. The Hall–Kier alpha value is -1.30. The van der Waals surface area contributed by atoms with Crippen LogP contribution in [0.15, 0.2) is 45.4 Å². The van der Waals surface area contributed by atoms with Crippen LogP contribution in [0.1, 0.15) is 53.6 Å². The fourth-order valence-corrected chi connectivity index (χ4v) is 5.05. The van der Waals surface area contributed by atoms with Gasteiger partial charge < -0.3 is 39.0 Å². The fraction of sp³-hybridized carbons (Fsp3) is 0.471. The Morgan fingerprint density at radius 3 is 1.39 bits per heavy atom. The number of hydrogen-bond donors (Lipinski definition) is 2. The first-order chi connectivity index (χ1) is 31.9. The van der Waals surface area contributed by atoms with Gasteiger partial charge in [0.1, 0.15) is 16.3 Å². The summed E-state index contributed by atoms with van der Waals surface area (Å²) in [4.78, 5) is 54.5. The quantitative estimate of drug-likeness (QED) is 0.0338. The Balaban J connectivity index is -0.000000137. The third-order valence-electron chi connectivity index (χ3n) is 6.25. The molecule has 19 nitrogen and oxygen atoms in total. The van der Waals surface area contributed by atoms with E-state index in [1.54, 1.807) is 26.4 Å². The van der Waals surface area contributed by atoms with E-state index < -0.39 is 27.6 Å². The maximum atomic E-state index is 11.3. The van der Waals surface area contributed by atoms with Crippen LogP contribution in [-0.2, 0) is 31.2 Å². The van der Waals surface area contributed by atoms with Gasteiger partial charge >= 0.3 is 41.5 Å². The molecule has 2 N–H and O–H groups in total. The maximum Gasteiger partial charge on any atom is 1.00 e. The maximum absolute atomic E-state index is 11.3. The number of hydrogen-bond acceptors (Lipinski definition) is 23. The van der Waals surface area contributed by atoms with Crippen molar-refractivity contribution in [3.05, 3.63) is 52.2 Å². The number of rotatable bonds is 14. The summed E-state index contributed by atoms with van der Waals surface area (Å²) in [5, 5.41) is 26.6. The van der Waals surface area contributed by atoms with Gasteiger partial charge in [0.2, 0.25) is 26.9 Å². The van der Waals surface area contributed by atoms with Crippen molar-refractivity contribution in [2.75, 3.05) is 74.3 Å². The predicted molar refractivity (Wildman–Crippen MR) is 290 cm³/mol. The number of carbonyl (C=O) groups excluding carboxylic acids is 2. The molecule has 4 heterocycles. The van der Waals surface area contributed by atoms with E-state index in [0.717, 1.165) is 19.8 Å². The van der Waals surface area contributed by atoms with Crippen molar-refractivity contribution in [1.82, 2.24) is 39.9 Å². The molecule has 0 fully saturated rings. The fourth-order valence-electron chi connectivity index (χ4n) is 3.28. The van der Waals surface area contributed by atoms with E-state index >= 15 is 0 Å². The second-order valence-corrected chi connectivity index (χ2v) is 16.4. The van der Waals surface area contributed by atoms with Crippen LogP contribution in [0.2, 0.25) is 5.15 Å². The number of esters is 2. The zero-order chi connectivity index (χ0) is 52.5. The molecule has 9 radical (unpaired) electrons. The van der Waals surface area contributed by atoms with Crippen LogP contribution < -0.4 is 48.9 Å². The van der Waals surface area contributed by atoms with Crippen molar-refractivity contribution in [2.24, 2.45) is 0 Å². The minimum absolute atomic E-state index is 0. The van der Waals surface area contributed by atoms with Crippen molar-refractivity contribution in [3.63, 3.8) is 0 Å². The molecule has 0 aliphatic heterocycles. The molecule has 0 unspecified atom stereocenters. The van der Waals surface area contributed by atoms with Crippen molar-refractivity contribution < 1.29 is 82.4 Å². The summed E-state index contributed by atoms with van der Waals surface area (Å²) >= 11 is 17.0. The van der Waals surface area contributed by atoms with Crippen LogP contribution in [0.5, 0.6) is 17.6 Å². The minimum atomic E-state index is -1.67. The van der Waals surface area contributed by atoms with Crippen molar-refractivity contribution in [2.45, 2.75) is 54.9 Å². The summed E-state index contributed by atoms with van der Waals surface area (Å²) in [5.74, 6) is 0.606. The number of nitrogens with zero attached hydrogens (tertiary/aromatic N) is 8. The molecule has 0 aliphatic carbocycles. The molecule has 4 aromatic rings. The Morgan fingerprint density at radius 1 is 0.729 bits per heavy atom. The first kappa shape index (κ1) is 82.7. The molecule has 0 saturated carbocycles. The van der Waals surface area contributed by atoms with Crippen LogP contribution in [-0.4, -0.2) is 191 Å². The van der Waals surface area contributed by atoms with Gasteiger partial charge in [-0.2, -0.15) is 22.1 Å². The molecule has 4 aromatic heterocycles. The van der Waals surface area contributed by atoms with Gasteiger partial charge in [-0.05, 0) is 31.9 Å². The first-order valence-electron chi connectivity index (χ1n) is 17.7. The number of carbonyl (C=O) groups is 2. The summed E-state index contributed by atoms with van der Waals surface area (Å²) in [6.45, 7) is 1.93. The Kier molecular flexibility index (Phi) is 63.8. The number of thioether (sulfide) groups is 4. The van der Waals surface area contributed by atoms with E-state index in [9.17, 15) is 9.59 Å². The van der Waals surface area contributed by atoms with Crippen LogP contribution in [0.4, 0.5) is 0 Å². The van der Waals surface area contributed by atoms with Crippen LogP contribution in [0.25, 0.3) is 0 Å². The molecule has 375 valence electrons. The summed E-state index contributed by atoms with van der Waals surface area (Å²) in [6, 6.07) is 0. The molecule has 70 heavy (non-hydrogen) atoms. The van der Waals surface area contributed by atoms with Crippen LogP contribution in [0.3, 0.4) is 0 Å². The standard InChI is InChI=1S/C8H9ClN2O2S.C8H10N2O3S.C7H9ClN2OS.C7H10N2O2S.CH4O.CH3O.2CH4.B7.Cl2OS.Na/c1-3-13-7(12)5-4-10-8(14-2)11-6(5)9;1-12-6-5(7(11)13-2)4-9-8(10-6)14-3;1-11-6-5(3-8)4-9-7(10-6)12-2;1-11-6-5(4-10)3-8-7(9-6)12-2;2*1-2;;;1-5-7(4)6(2)3;1-4(2)3;/h4H,3H2,1-2H3;4H,1-3H3;4H,3H2,1-2H3;3,10H,4H2,1-2H3;2H,1H3;1H3;2*1H4;;;/q;;;;;-1;;;;;+1. The van der Waals surface area contributed by atoms with E-state index in [1.165, 1.54) is 87.8 Å². The summed E-state index contributed by atoms with van der Waals surface area (Å²) in [5.41, 5.74) is 1.85. The van der Waals surface area contributed by atoms with Crippen molar-refractivity contribution in [3.8, 4) is 17.6 Å². The van der Waals surface area contributed by atoms with Gasteiger partial charge in [-0.3, -0.25) is 0 Å². The Bertz CT molecular complexity index is 1940. The number of aliphatic hydroxyl groups excluding tert-OH is 2. The molecular formula is C34H53B7Cl4N8NaO11S5. The predicted octanol–water partition coefficient (Wildman–Crippen LogP) is 0.906. The van der Waals surface area contributed by atoms with E-state index in [0.29, 0.717) is 50.4 Å². The zero-order valence-corrected chi connectivity index (χ0v) is 48.3. The van der Waals surface area contributed by atoms with Crippen LogP contribution >= 0.6 is 91.6 Å². The molecule has 0 aromatic carbocycles. The monoisotopic (exact) mass is 1150 g/mol. The van der Waals surface area contributed by atoms with E-state index in [2.05, 4.69) is 66.0 Å². The number of aromatic nitrogens is 8. The normalized spacial score (nSPS) is 8.73. The van der Waals surface area contributed by atoms with Crippen molar-refractivity contribution >= 4 is 164 Å². The second kappa shape index (κ2) is 54.0. The molecule has 0 aliphatic rings. The van der Waals surface area contributed by atoms with E-state index in [1.807, 2.05) is 25.0 Å². The van der Waals surface area contributed by atoms with Gasteiger partial charge in [-0.15, -0.1) is 11.6 Å². The summed E-state index contributed by atoms with van der Waals surface area (Å²) in [6.07, 6.45) is 12.6. The molecule has 0 bridgehead atoms. The van der Waals surface area contributed by atoms with Gasteiger partial charge in [0.05, 0.1) is 53.1 Å². The summed E-state index contributed by atoms with van der Waals surface area (Å²) in [7, 11) is 36.5.